The van der Waals surface area contributed by atoms with Gasteiger partial charge in [0.05, 0.1) is 0 Å². The zero-order valence-electron chi connectivity index (χ0n) is 6.69. The number of hydrogen-bond acceptors (Lipinski definition) is 2. The summed E-state index contributed by atoms with van der Waals surface area (Å²) in [5, 5.41) is 8.45. The van der Waals surface area contributed by atoms with Crippen LogP contribution in [0.5, 0.6) is 0 Å². The van der Waals surface area contributed by atoms with Gasteiger partial charge in [-0.15, -0.1) is 0 Å². The van der Waals surface area contributed by atoms with Gasteiger partial charge in [0.25, 0.3) is 0 Å². The van der Waals surface area contributed by atoms with Gasteiger partial charge in [0.1, 0.15) is 0 Å². The fourth-order valence-electron chi connectivity index (χ4n) is 0.865. The van der Waals surface area contributed by atoms with Gasteiger partial charge in [-0.1, -0.05) is 6.07 Å². The van der Waals surface area contributed by atoms with Gasteiger partial charge in [0.2, 0.25) is 0 Å². The van der Waals surface area contributed by atoms with Gasteiger partial charge < -0.3 is 5.11 Å². The summed E-state index contributed by atoms with van der Waals surface area (Å²) in [5.74, 6) is -0.934. The molecule has 0 amide bonds. The molecule has 0 aromatic carbocycles. The number of pyridine rings is 1. The highest BCUT2D eigenvalue weighted by atomic mass is 16.4. The number of carbonyl (C=O) groups is 1. The lowest BCUT2D eigenvalue weighted by atomic mass is 10.1. The van der Waals surface area contributed by atoms with E-state index < -0.39 is 5.97 Å². The van der Waals surface area contributed by atoms with E-state index in [-0.39, 0.29) is 0 Å². The number of allylic oxidation sites excluding steroid dienone is 1. The maximum absolute atomic E-state index is 10.3. The summed E-state index contributed by atoms with van der Waals surface area (Å²) in [6, 6.07) is 3.59. The summed E-state index contributed by atoms with van der Waals surface area (Å²) in [4.78, 5) is 14.2. The molecule has 0 unspecified atom stereocenters. The average Bonchev–Trinajstić information content (AvgIpc) is 2.05. The Hall–Kier alpha value is -1.64. The van der Waals surface area contributed by atoms with E-state index in [1.807, 2.05) is 6.07 Å². The Balaban J connectivity index is 2.93. The van der Waals surface area contributed by atoms with Crippen LogP contribution in [0, 0.1) is 0 Å². The summed E-state index contributed by atoms with van der Waals surface area (Å²) < 4.78 is 0. The molecule has 0 saturated carbocycles. The Bertz CT molecular complexity index is 304. The fraction of sp³-hybridized carbons (Fsp3) is 0.111. The molecule has 0 fully saturated rings. The van der Waals surface area contributed by atoms with Crippen LogP contribution in [0.4, 0.5) is 0 Å². The quantitative estimate of drug-likeness (QED) is 0.673. The van der Waals surface area contributed by atoms with Crippen molar-refractivity contribution in [1.29, 1.82) is 0 Å². The molecular formula is C9H9NO2. The predicted molar refractivity (Wildman–Crippen MR) is 45.5 cm³/mol. The molecule has 12 heavy (non-hydrogen) atoms. The summed E-state index contributed by atoms with van der Waals surface area (Å²) >= 11 is 0. The van der Waals surface area contributed by atoms with Crippen LogP contribution in [0.2, 0.25) is 0 Å². The second-order valence-electron chi connectivity index (χ2n) is 2.41. The third kappa shape index (κ3) is 2.20. The fourth-order valence-corrected chi connectivity index (χ4v) is 0.865. The SMILES string of the molecule is C/C(=C\C(=O)O)c1cccnc1. The van der Waals surface area contributed by atoms with Crippen molar-refractivity contribution < 1.29 is 9.90 Å². The molecule has 0 aliphatic heterocycles. The first-order valence-corrected chi connectivity index (χ1v) is 3.52. The van der Waals surface area contributed by atoms with Crippen molar-refractivity contribution in [1.82, 2.24) is 4.98 Å². The third-order valence-electron chi connectivity index (χ3n) is 1.46. The van der Waals surface area contributed by atoms with Gasteiger partial charge in [-0.05, 0) is 24.1 Å². The highest BCUT2D eigenvalue weighted by Gasteiger charge is 1.96. The number of aromatic nitrogens is 1. The Labute approximate surface area is 70.4 Å². The van der Waals surface area contributed by atoms with E-state index in [2.05, 4.69) is 4.98 Å². The van der Waals surface area contributed by atoms with Crippen molar-refractivity contribution in [2.24, 2.45) is 0 Å². The molecule has 1 heterocycles. The number of hydrogen-bond donors (Lipinski definition) is 1. The van der Waals surface area contributed by atoms with Crippen molar-refractivity contribution in [2.75, 3.05) is 0 Å². The summed E-state index contributed by atoms with van der Waals surface area (Å²) in [6.45, 7) is 1.74. The Morgan fingerprint density at radius 1 is 1.67 bits per heavy atom. The van der Waals surface area contributed by atoms with Crippen molar-refractivity contribution >= 4 is 11.5 Å². The van der Waals surface area contributed by atoms with Crippen LogP contribution in [-0.2, 0) is 4.79 Å². The zero-order valence-corrected chi connectivity index (χ0v) is 6.69. The lowest BCUT2D eigenvalue weighted by molar-refractivity contribution is -0.131. The van der Waals surface area contributed by atoms with Crippen molar-refractivity contribution in [3.63, 3.8) is 0 Å². The van der Waals surface area contributed by atoms with Crippen molar-refractivity contribution in [3.8, 4) is 0 Å². The minimum atomic E-state index is -0.934. The van der Waals surface area contributed by atoms with Gasteiger partial charge in [-0.25, -0.2) is 4.79 Å². The molecule has 1 aromatic heterocycles. The zero-order chi connectivity index (χ0) is 8.97. The first-order valence-electron chi connectivity index (χ1n) is 3.52. The highest BCUT2D eigenvalue weighted by molar-refractivity contribution is 5.89. The smallest absolute Gasteiger partial charge is 0.328 e. The lowest BCUT2D eigenvalue weighted by Gasteiger charge is -1.97. The number of carboxylic acids is 1. The van der Waals surface area contributed by atoms with Crippen LogP contribution in [-0.4, -0.2) is 16.1 Å². The minimum absolute atomic E-state index is 0.704. The molecule has 3 nitrogen and oxygen atoms in total. The second-order valence-corrected chi connectivity index (χ2v) is 2.41. The van der Waals surface area contributed by atoms with Crippen LogP contribution < -0.4 is 0 Å². The normalized spacial score (nSPS) is 11.2. The molecule has 0 aliphatic carbocycles. The van der Waals surface area contributed by atoms with E-state index in [0.29, 0.717) is 5.57 Å². The standard InChI is InChI=1S/C9H9NO2/c1-7(5-9(11)12)8-3-2-4-10-6-8/h2-6H,1H3,(H,11,12)/b7-5+. The molecule has 1 aromatic rings. The monoisotopic (exact) mass is 163 g/mol. The molecule has 0 radical (unpaired) electrons. The van der Waals surface area contributed by atoms with Gasteiger partial charge in [0, 0.05) is 18.5 Å². The molecule has 1 rings (SSSR count). The van der Waals surface area contributed by atoms with Crippen molar-refractivity contribution in [3.05, 3.63) is 36.2 Å². The molecule has 0 atom stereocenters. The highest BCUT2D eigenvalue weighted by Crippen LogP contribution is 2.10. The maximum Gasteiger partial charge on any atom is 0.328 e. The van der Waals surface area contributed by atoms with Crippen LogP contribution in [0.1, 0.15) is 12.5 Å². The van der Waals surface area contributed by atoms with E-state index in [4.69, 9.17) is 5.11 Å². The molecule has 62 valence electrons. The van der Waals surface area contributed by atoms with Gasteiger partial charge in [-0.2, -0.15) is 0 Å². The Kier molecular flexibility index (Phi) is 2.58. The van der Waals surface area contributed by atoms with E-state index in [0.717, 1.165) is 11.6 Å². The molecule has 0 bridgehead atoms. The minimum Gasteiger partial charge on any atom is -0.478 e. The number of aliphatic carboxylic acids is 1. The van der Waals surface area contributed by atoms with E-state index in [1.165, 1.54) is 0 Å². The van der Waals surface area contributed by atoms with E-state index in [1.54, 1.807) is 25.4 Å². The largest absolute Gasteiger partial charge is 0.478 e. The Morgan fingerprint density at radius 3 is 2.92 bits per heavy atom. The maximum atomic E-state index is 10.3. The first-order chi connectivity index (χ1) is 5.70. The molecule has 3 heteroatoms. The van der Waals surface area contributed by atoms with Gasteiger partial charge >= 0.3 is 5.97 Å². The topological polar surface area (TPSA) is 50.2 Å². The lowest BCUT2D eigenvalue weighted by Crippen LogP contribution is -1.90. The van der Waals surface area contributed by atoms with Crippen LogP contribution in [0.25, 0.3) is 5.57 Å². The molecule has 0 aliphatic rings. The summed E-state index contributed by atoms with van der Waals surface area (Å²) in [7, 11) is 0. The van der Waals surface area contributed by atoms with Gasteiger partial charge in [0.15, 0.2) is 0 Å². The van der Waals surface area contributed by atoms with E-state index >= 15 is 0 Å². The average molecular weight is 163 g/mol. The first kappa shape index (κ1) is 8.46. The van der Waals surface area contributed by atoms with Crippen molar-refractivity contribution in [2.45, 2.75) is 6.92 Å². The second kappa shape index (κ2) is 3.67. The van der Waals surface area contributed by atoms with Crippen LogP contribution >= 0.6 is 0 Å². The molecule has 0 saturated heterocycles. The predicted octanol–water partition coefficient (Wildman–Crippen LogP) is 1.57. The number of carboxylic acid groups (broad SMARTS) is 1. The summed E-state index contributed by atoms with van der Waals surface area (Å²) in [5.41, 5.74) is 1.54. The van der Waals surface area contributed by atoms with E-state index in [9.17, 15) is 4.79 Å². The number of nitrogens with zero attached hydrogens (tertiary/aromatic N) is 1. The van der Waals surface area contributed by atoms with Crippen LogP contribution in [0.15, 0.2) is 30.6 Å². The molecule has 0 spiro atoms. The molecular weight excluding hydrogens is 154 g/mol. The summed E-state index contributed by atoms with van der Waals surface area (Å²) in [6.07, 6.45) is 4.45. The Morgan fingerprint density at radius 2 is 2.42 bits per heavy atom. The van der Waals surface area contributed by atoms with Crippen LogP contribution in [0.3, 0.4) is 0 Å². The molecule has 1 N–H and O–H groups in total. The third-order valence-corrected chi connectivity index (χ3v) is 1.46. The van der Waals surface area contributed by atoms with Gasteiger partial charge in [-0.3, -0.25) is 4.98 Å². The number of rotatable bonds is 2.